The number of hydrogen-bond donors (Lipinski definition) is 2. The summed E-state index contributed by atoms with van der Waals surface area (Å²) in [7, 11) is 1.96. The molecule has 2 N–H and O–H groups in total. The van der Waals surface area contributed by atoms with Crippen molar-refractivity contribution in [2.75, 3.05) is 31.6 Å². The molecule has 17 heavy (non-hydrogen) atoms. The molecule has 3 nitrogen and oxygen atoms in total. The number of rotatable bonds is 7. The summed E-state index contributed by atoms with van der Waals surface area (Å²) in [6, 6.07) is 6.53. The first-order valence-electron chi connectivity index (χ1n) is 6.32. The van der Waals surface area contributed by atoms with Crippen LogP contribution in [0.3, 0.4) is 0 Å². The van der Waals surface area contributed by atoms with Crippen LogP contribution < -0.4 is 10.2 Å². The van der Waals surface area contributed by atoms with Crippen molar-refractivity contribution >= 4 is 5.69 Å². The fourth-order valence-corrected chi connectivity index (χ4v) is 2.13. The molecule has 0 amide bonds. The molecule has 1 rings (SSSR count). The topological polar surface area (TPSA) is 35.5 Å². The van der Waals surface area contributed by atoms with E-state index in [4.69, 9.17) is 5.11 Å². The van der Waals surface area contributed by atoms with Crippen LogP contribution in [0.15, 0.2) is 18.2 Å². The van der Waals surface area contributed by atoms with E-state index in [0.29, 0.717) is 6.54 Å². The van der Waals surface area contributed by atoms with Crippen molar-refractivity contribution in [2.45, 2.75) is 26.8 Å². The van der Waals surface area contributed by atoms with Crippen LogP contribution in [0.5, 0.6) is 0 Å². The van der Waals surface area contributed by atoms with Crippen LogP contribution in [-0.2, 0) is 6.54 Å². The summed E-state index contributed by atoms with van der Waals surface area (Å²) in [6.07, 6.45) is 1.09. The lowest BCUT2D eigenvalue weighted by molar-refractivity contribution is 0.302. The van der Waals surface area contributed by atoms with E-state index >= 15 is 0 Å². The molecule has 3 heteroatoms. The molecule has 0 fully saturated rings. The molecule has 0 radical (unpaired) electrons. The zero-order chi connectivity index (χ0) is 12.7. The second-order valence-electron chi connectivity index (χ2n) is 4.36. The number of hydrogen-bond acceptors (Lipinski definition) is 3. The normalized spacial score (nSPS) is 10.6. The first-order valence-corrected chi connectivity index (χ1v) is 6.32. The Morgan fingerprint density at radius 2 is 2.06 bits per heavy atom. The number of benzene rings is 1. The first kappa shape index (κ1) is 14.0. The van der Waals surface area contributed by atoms with Crippen LogP contribution in [0, 0.1) is 6.92 Å². The van der Waals surface area contributed by atoms with E-state index < -0.39 is 0 Å². The van der Waals surface area contributed by atoms with Gasteiger partial charge in [-0.1, -0.05) is 19.1 Å². The molecule has 0 saturated heterocycles. The number of anilines is 1. The van der Waals surface area contributed by atoms with E-state index in [1.807, 2.05) is 7.05 Å². The lowest BCUT2D eigenvalue weighted by atomic mass is 10.1. The predicted octanol–water partition coefficient (Wildman–Crippen LogP) is 1.92. The van der Waals surface area contributed by atoms with Crippen LogP contribution in [0.2, 0.25) is 0 Å². The maximum Gasteiger partial charge on any atom is 0.0606 e. The fraction of sp³-hybridized carbons (Fsp3) is 0.571. The molecule has 0 spiro atoms. The molecule has 0 aliphatic carbocycles. The van der Waals surface area contributed by atoms with E-state index in [1.165, 1.54) is 16.8 Å². The highest BCUT2D eigenvalue weighted by Crippen LogP contribution is 2.21. The summed E-state index contributed by atoms with van der Waals surface area (Å²) in [5.74, 6) is 0. The Balaban J connectivity index is 2.87. The Hall–Kier alpha value is -1.06. The van der Waals surface area contributed by atoms with Gasteiger partial charge in [0.15, 0.2) is 0 Å². The van der Waals surface area contributed by atoms with Crippen molar-refractivity contribution in [1.82, 2.24) is 5.32 Å². The van der Waals surface area contributed by atoms with E-state index in [9.17, 15) is 0 Å². The van der Waals surface area contributed by atoms with Crippen molar-refractivity contribution < 1.29 is 5.11 Å². The van der Waals surface area contributed by atoms with Gasteiger partial charge >= 0.3 is 0 Å². The van der Waals surface area contributed by atoms with Crippen molar-refractivity contribution in [1.29, 1.82) is 0 Å². The van der Waals surface area contributed by atoms with E-state index in [0.717, 1.165) is 19.5 Å². The van der Waals surface area contributed by atoms with Crippen molar-refractivity contribution in [3.63, 3.8) is 0 Å². The third kappa shape index (κ3) is 4.02. The maximum absolute atomic E-state index is 9.10. The molecule has 0 aliphatic heterocycles. The molecule has 0 aliphatic rings. The highest BCUT2D eigenvalue weighted by atomic mass is 16.3. The summed E-state index contributed by atoms with van der Waals surface area (Å²) >= 11 is 0. The molecular formula is C14H24N2O. The highest BCUT2D eigenvalue weighted by molar-refractivity contribution is 5.54. The molecule has 0 bridgehead atoms. The number of aliphatic hydroxyl groups excluding tert-OH is 1. The molecule has 96 valence electrons. The molecule has 0 unspecified atom stereocenters. The van der Waals surface area contributed by atoms with Gasteiger partial charge in [-0.15, -0.1) is 0 Å². The van der Waals surface area contributed by atoms with Gasteiger partial charge in [0, 0.05) is 25.3 Å². The first-order chi connectivity index (χ1) is 8.22. The number of aryl methyl sites for hydroxylation is 1. The maximum atomic E-state index is 9.10. The zero-order valence-corrected chi connectivity index (χ0v) is 11.2. The minimum absolute atomic E-state index is 0.206. The highest BCUT2D eigenvalue weighted by Gasteiger charge is 2.08. The predicted molar refractivity (Wildman–Crippen MR) is 73.5 cm³/mol. The number of aliphatic hydroxyl groups is 1. The zero-order valence-electron chi connectivity index (χ0n) is 11.2. The molecule has 0 saturated carbocycles. The van der Waals surface area contributed by atoms with Crippen molar-refractivity contribution in [3.05, 3.63) is 29.3 Å². The Labute approximate surface area is 104 Å². The minimum atomic E-state index is 0.206. The van der Waals surface area contributed by atoms with E-state index in [-0.39, 0.29) is 6.61 Å². The molecule has 1 aromatic carbocycles. The largest absolute Gasteiger partial charge is 0.395 e. The molecule has 0 atom stereocenters. The average molecular weight is 236 g/mol. The van der Waals surface area contributed by atoms with Gasteiger partial charge in [0.25, 0.3) is 0 Å². The van der Waals surface area contributed by atoms with Gasteiger partial charge in [-0.05, 0) is 37.6 Å². The van der Waals surface area contributed by atoms with Crippen LogP contribution in [-0.4, -0.2) is 31.9 Å². The van der Waals surface area contributed by atoms with Gasteiger partial charge in [0.05, 0.1) is 6.61 Å². The van der Waals surface area contributed by atoms with Gasteiger partial charge in [0.2, 0.25) is 0 Å². The van der Waals surface area contributed by atoms with E-state index in [2.05, 4.69) is 42.3 Å². The monoisotopic (exact) mass is 236 g/mol. The lowest BCUT2D eigenvalue weighted by Crippen LogP contribution is -2.28. The number of nitrogens with one attached hydrogen (secondary N) is 1. The molecule has 0 aromatic heterocycles. The van der Waals surface area contributed by atoms with E-state index in [1.54, 1.807) is 0 Å². The molecule has 0 heterocycles. The third-order valence-electron chi connectivity index (χ3n) is 2.85. The lowest BCUT2D eigenvalue weighted by Gasteiger charge is -2.25. The second kappa shape index (κ2) is 7.30. The van der Waals surface area contributed by atoms with Crippen LogP contribution >= 0.6 is 0 Å². The molecular weight excluding hydrogens is 212 g/mol. The van der Waals surface area contributed by atoms with Crippen LogP contribution in [0.25, 0.3) is 0 Å². The summed E-state index contributed by atoms with van der Waals surface area (Å²) in [5, 5.41) is 12.3. The van der Waals surface area contributed by atoms with Crippen molar-refractivity contribution in [3.8, 4) is 0 Å². The smallest absolute Gasteiger partial charge is 0.0606 e. The summed E-state index contributed by atoms with van der Waals surface area (Å²) in [4.78, 5) is 2.25. The van der Waals surface area contributed by atoms with Gasteiger partial charge in [0.1, 0.15) is 0 Å². The standard InChI is InChI=1S/C14H24N2O/c1-4-7-16(8-9-17)14-6-5-13(11-15-3)10-12(14)2/h5-6,10,15,17H,4,7-9,11H2,1-3H3. The Bertz CT molecular complexity index is 333. The molecule has 1 aromatic rings. The Morgan fingerprint density at radius 3 is 2.59 bits per heavy atom. The number of nitrogens with zero attached hydrogens (tertiary/aromatic N) is 1. The summed E-state index contributed by atoms with van der Waals surface area (Å²) in [6.45, 7) is 7.10. The summed E-state index contributed by atoms with van der Waals surface area (Å²) < 4.78 is 0. The SMILES string of the molecule is CCCN(CCO)c1ccc(CNC)cc1C. The minimum Gasteiger partial charge on any atom is -0.395 e. The van der Waals surface area contributed by atoms with Gasteiger partial charge in [-0.3, -0.25) is 0 Å². The van der Waals surface area contributed by atoms with Crippen molar-refractivity contribution in [2.24, 2.45) is 0 Å². The quantitative estimate of drug-likeness (QED) is 0.759. The van der Waals surface area contributed by atoms with Gasteiger partial charge < -0.3 is 15.3 Å². The van der Waals surface area contributed by atoms with Gasteiger partial charge in [-0.25, -0.2) is 0 Å². The van der Waals surface area contributed by atoms with Crippen LogP contribution in [0.4, 0.5) is 5.69 Å². The van der Waals surface area contributed by atoms with Gasteiger partial charge in [-0.2, -0.15) is 0 Å². The third-order valence-corrected chi connectivity index (χ3v) is 2.85. The average Bonchev–Trinajstić information content (AvgIpc) is 2.29. The second-order valence-corrected chi connectivity index (χ2v) is 4.36. The summed E-state index contributed by atoms with van der Waals surface area (Å²) in [5.41, 5.74) is 3.81. The Kier molecular flexibility index (Phi) is 6.01. The van der Waals surface area contributed by atoms with Crippen LogP contribution in [0.1, 0.15) is 24.5 Å². The fourth-order valence-electron chi connectivity index (χ4n) is 2.13. The Morgan fingerprint density at radius 1 is 1.29 bits per heavy atom.